The Kier molecular flexibility index (Phi) is 8.61. The highest BCUT2D eigenvalue weighted by atomic mass is 35.5. The SMILES string of the molecule is CCN(CC)CC(O)c1cc(Cl)cc(Cl)c1Cl.Cl. The van der Waals surface area contributed by atoms with Crippen molar-refractivity contribution in [2.45, 2.75) is 20.0 Å². The molecule has 0 heterocycles. The molecule has 0 aliphatic rings. The van der Waals surface area contributed by atoms with Crippen LogP contribution in [0.5, 0.6) is 0 Å². The van der Waals surface area contributed by atoms with E-state index < -0.39 is 6.10 Å². The minimum Gasteiger partial charge on any atom is -0.387 e. The molecule has 0 radical (unpaired) electrons. The lowest BCUT2D eigenvalue weighted by Crippen LogP contribution is -2.28. The molecule has 0 aromatic heterocycles. The molecule has 1 atom stereocenters. The van der Waals surface area contributed by atoms with E-state index in [1.165, 1.54) is 0 Å². The van der Waals surface area contributed by atoms with Crippen LogP contribution in [0.1, 0.15) is 25.5 Å². The van der Waals surface area contributed by atoms with Gasteiger partial charge in [-0.1, -0.05) is 48.7 Å². The van der Waals surface area contributed by atoms with Crippen LogP contribution in [0.3, 0.4) is 0 Å². The summed E-state index contributed by atoms with van der Waals surface area (Å²) in [6, 6.07) is 3.23. The van der Waals surface area contributed by atoms with Crippen LogP contribution in [0.4, 0.5) is 0 Å². The highest BCUT2D eigenvalue weighted by Crippen LogP contribution is 2.33. The van der Waals surface area contributed by atoms with Gasteiger partial charge in [-0.05, 0) is 25.2 Å². The van der Waals surface area contributed by atoms with E-state index in [1.54, 1.807) is 12.1 Å². The van der Waals surface area contributed by atoms with Crippen LogP contribution in [0.2, 0.25) is 15.1 Å². The molecule has 0 saturated heterocycles. The second kappa shape index (κ2) is 8.47. The standard InChI is InChI=1S/C12H16Cl3NO.ClH/c1-3-16(4-2)7-11(17)9-5-8(13)6-10(14)12(9)15;/h5-6,11,17H,3-4,7H2,1-2H3;1H. The normalized spacial score (nSPS) is 12.4. The summed E-state index contributed by atoms with van der Waals surface area (Å²) in [6.45, 7) is 6.36. The van der Waals surface area contributed by atoms with E-state index in [0.717, 1.165) is 13.1 Å². The summed E-state index contributed by atoms with van der Waals surface area (Å²) in [6.07, 6.45) is -0.682. The Morgan fingerprint density at radius 2 is 1.72 bits per heavy atom. The summed E-state index contributed by atoms with van der Waals surface area (Å²) in [5.41, 5.74) is 0.580. The molecule has 0 spiro atoms. The van der Waals surface area contributed by atoms with Crippen LogP contribution < -0.4 is 0 Å². The van der Waals surface area contributed by atoms with Crippen molar-refractivity contribution >= 4 is 47.2 Å². The van der Waals surface area contributed by atoms with E-state index in [9.17, 15) is 5.11 Å². The fourth-order valence-corrected chi connectivity index (χ4v) is 2.39. The number of aliphatic hydroxyl groups excluding tert-OH is 1. The van der Waals surface area contributed by atoms with Gasteiger partial charge in [-0.15, -0.1) is 12.4 Å². The Labute approximate surface area is 129 Å². The summed E-state index contributed by atoms with van der Waals surface area (Å²) in [4.78, 5) is 2.11. The molecule has 18 heavy (non-hydrogen) atoms. The van der Waals surface area contributed by atoms with Crippen LogP contribution >= 0.6 is 47.2 Å². The van der Waals surface area contributed by atoms with Gasteiger partial charge in [-0.3, -0.25) is 0 Å². The number of rotatable bonds is 5. The Hall–Kier alpha value is 0.300. The van der Waals surface area contributed by atoms with Gasteiger partial charge in [0.25, 0.3) is 0 Å². The maximum atomic E-state index is 10.1. The molecule has 6 heteroatoms. The second-order valence-corrected chi connectivity index (χ2v) is 5.01. The lowest BCUT2D eigenvalue weighted by Gasteiger charge is -2.23. The molecule has 0 amide bonds. The van der Waals surface area contributed by atoms with Crippen LogP contribution in [-0.2, 0) is 0 Å². The first-order valence-corrected chi connectivity index (χ1v) is 6.67. The van der Waals surface area contributed by atoms with E-state index in [4.69, 9.17) is 34.8 Å². The Bertz CT molecular complexity index is 383. The van der Waals surface area contributed by atoms with Crippen molar-refractivity contribution in [3.63, 3.8) is 0 Å². The molecule has 1 aromatic carbocycles. The Balaban J connectivity index is 0.00000289. The third-order valence-corrected chi connectivity index (χ3v) is 3.74. The molecule has 0 bridgehead atoms. The molecule has 1 N–H and O–H groups in total. The molecular weight excluding hydrogens is 316 g/mol. The minimum atomic E-state index is -0.682. The molecule has 0 saturated carbocycles. The summed E-state index contributed by atoms with van der Waals surface area (Å²) < 4.78 is 0. The topological polar surface area (TPSA) is 23.5 Å². The molecular formula is C12H17Cl4NO. The fourth-order valence-electron chi connectivity index (χ4n) is 1.64. The van der Waals surface area contributed by atoms with Crippen molar-refractivity contribution in [1.82, 2.24) is 4.90 Å². The lowest BCUT2D eigenvalue weighted by molar-refractivity contribution is 0.119. The number of hydrogen-bond donors (Lipinski definition) is 1. The van der Waals surface area contributed by atoms with Gasteiger partial charge in [-0.25, -0.2) is 0 Å². The Morgan fingerprint density at radius 1 is 1.17 bits per heavy atom. The largest absolute Gasteiger partial charge is 0.387 e. The van der Waals surface area contributed by atoms with Gasteiger partial charge in [0.05, 0.1) is 16.1 Å². The Morgan fingerprint density at radius 3 is 2.22 bits per heavy atom. The van der Waals surface area contributed by atoms with Crippen molar-refractivity contribution in [2.24, 2.45) is 0 Å². The maximum Gasteiger partial charge on any atom is 0.0932 e. The number of halogens is 4. The third kappa shape index (κ3) is 4.76. The molecule has 0 aliphatic carbocycles. The van der Waals surface area contributed by atoms with Gasteiger partial charge in [0.1, 0.15) is 0 Å². The summed E-state index contributed by atoms with van der Waals surface area (Å²) in [5, 5.41) is 11.4. The minimum absolute atomic E-state index is 0. The van der Waals surface area contributed by atoms with Crippen molar-refractivity contribution < 1.29 is 5.11 Å². The van der Waals surface area contributed by atoms with Crippen LogP contribution in [-0.4, -0.2) is 29.6 Å². The van der Waals surface area contributed by atoms with E-state index in [1.807, 2.05) is 13.8 Å². The zero-order chi connectivity index (χ0) is 13.0. The molecule has 0 aliphatic heterocycles. The van der Waals surface area contributed by atoms with Crippen LogP contribution in [0, 0.1) is 0 Å². The number of hydrogen-bond acceptors (Lipinski definition) is 2. The molecule has 2 nitrogen and oxygen atoms in total. The molecule has 1 aromatic rings. The number of benzene rings is 1. The zero-order valence-electron chi connectivity index (χ0n) is 10.3. The van der Waals surface area contributed by atoms with Crippen LogP contribution in [0.25, 0.3) is 0 Å². The fraction of sp³-hybridized carbons (Fsp3) is 0.500. The average molecular weight is 333 g/mol. The van der Waals surface area contributed by atoms with Gasteiger partial charge in [0.2, 0.25) is 0 Å². The third-order valence-electron chi connectivity index (χ3n) is 2.71. The predicted molar refractivity (Wildman–Crippen MR) is 81.5 cm³/mol. The number of likely N-dealkylation sites (N-methyl/N-ethyl adjacent to an activating group) is 1. The van der Waals surface area contributed by atoms with Crippen molar-refractivity contribution in [3.8, 4) is 0 Å². The number of aliphatic hydroxyl groups is 1. The molecule has 1 rings (SSSR count). The zero-order valence-corrected chi connectivity index (χ0v) is 13.4. The maximum absolute atomic E-state index is 10.1. The van der Waals surface area contributed by atoms with Crippen molar-refractivity contribution in [3.05, 3.63) is 32.8 Å². The first-order valence-electron chi connectivity index (χ1n) is 5.54. The van der Waals surface area contributed by atoms with Gasteiger partial charge < -0.3 is 10.0 Å². The van der Waals surface area contributed by atoms with E-state index in [0.29, 0.717) is 27.2 Å². The second-order valence-electron chi connectivity index (χ2n) is 3.79. The van der Waals surface area contributed by atoms with Gasteiger partial charge in [0.15, 0.2) is 0 Å². The van der Waals surface area contributed by atoms with Gasteiger partial charge in [-0.2, -0.15) is 0 Å². The van der Waals surface area contributed by atoms with E-state index >= 15 is 0 Å². The van der Waals surface area contributed by atoms with E-state index in [2.05, 4.69) is 4.90 Å². The molecule has 1 unspecified atom stereocenters. The first-order chi connectivity index (χ1) is 7.99. The summed E-state index contributed by atoms with van der Waals surface area (Å²) >= 11 is 17.9. The van der Waals surface area contributed by atoms with Crippen LogP contribution in [0.15, 0.2) is 12.1 Å². The predicted octanol–water partition coefficient (Wildman–Crippen LogP) is 4.44. The lowest BCUT2D eigenvalue weighted by atomic mass is 10.1. The summed E-state index contributed by atoms with van der Waals surface area (Å²) in [5.74, 6) is 0. The van der Waals surface area contributed by atoms with Gasteiger partial charge >= 0.3 is 0 Å². The van der Waals surface area contributed by atoms with Crippen molar-refractivity contribution in [2.75, 3.05) is 19.6 Å². The highest BCUT2D eigenvalue weighted by Gasteiger charge is 2.17. The van der Waals surface area contributed by atoms with E-state index in [-0.39, 0.29) is 12.4 Å². The molecule has 104 valence electrons. The average Bonchev–Trinajstić information content (AvgIpc) is 2.30. The summed E-state index contributed by atoms with van der Waals surface area (Å²) in [7, 11) is 0. The number of nitrogens with zero attached hydrogens (tertiary/aromatic N) is 1. The molecule has 0 fully saturated rings. The van der Waals surface area contributed by atoms with Gasteiger partial charge in [0, 0.05) is 17.1 Å². The monoisotopic (exact) mass is 331 g/mol. The quantitative estimate of drug-likeness (QED) is 0.805. The smallest absolute Gasteiger partial charge is 0.0932 e. The van der Waals surface area contributed by atoms with Crippen molar-refractivity contribution in [1.29, 1.82) is 0 Å². The first kappa shape index (κ1) is 18.3. The highest BCUT2D eigenvalue weighted by molar-refractivity contribution is 6.43.